The van der Waals surface area contributed by atoms with Crippen LogP contribution in [0.2, 0.25) is 0 Å². The number of ether oxygens (including phenoxy) is 2. The molecule has 0 atom stereocenters. The van der Waals surface area contributed by atoms with E-state index in [4.69, 9.17) is 9.47 Å². The Hall–Kier alpha value is -2.49. The zero-order valence-electron chi connectivity index (χ0n) is 11.9. The summed E-state index contributed by atoms with van der Waals surface area (Å²) in [6.07, 6.45) is 0.318. The van der Waals surface area contributed by atoms with Gasteiger partial charge >= 0.3 is 0 Å². The molecule has 0 spiro atoms. The molecule has 1 heterocycles. The number of amides is 1. The molecule has 2 aromatic rings. The first-order valence-corrected chi connectivity index (χ1v) is 6.93. The molecule has 4 nitrogen and oxygen atoms in total. The molecule has 108 valence electrons. The molecule has 1 aliphatic heterocycles. The number of nitrogens with zero attached hydrogens (tertiary/aromatic N) is 1. The molecule has 3 rings (SSSR count). The molecule has 2 aromatic carbocycles. The number of para-hydroxylation sites is 3. The Labute approximate surface area is 123 Å². The Morgan fingerprint density at radius 2 is 1.95 bits per heavy atom. The van der Waals surface area contributed by atoms with E-state index in [1.165, 1.54) is 0 Å². The van der Waals surface area contributed by atoms with Crippen molar-refractivity contribution < 1.29 is 14.3 Å². The molecular weight excluding hydrogens is 266 g/mol. The van der Waals surface area contributed by atoms with E-state index in [9.17, 15) is 4.79 Å². The summed E-state index contributed by atoms with van der Waals surface area (Å²) in [6, 6.07) is 15.2. The molecule has 21 heavy (non-hydrogen) atoms. The third-order valence-electron chi connectivity index (χ3n) is 3.56. The first-order chi connectivity index (χ1) is 10.3. The van der Waals surface area contributed by atoms with Crippen LogP contribution in [0.1, 0.15) is 5.56 Å². The molecule has 0 aliphatic carbocycles. The van der Waals surface area contributed by atoms with E-state index < -0.39 is 0 Å². The Morgan fingerprint density at radius 1 is 1.19 bits per heavy atom. The molecule has 0 N–H and O–H groups in total. The van der Waals surface area contributed by atoms with Gasteiger partial charge in [0.05, 0.1) is 25.8 Å². The van der Waals surface area contributed by atoms with Gasteiger partial charge in [-0.05, 0) is 18.2 Å². The molecule has 0 fully saturated rings. The summed E-state index contributed by atoms with van der Waals surface area (Å²) in [5.41, 5.74) is 1.73. The van der Waals surface area contributed by atoms with Crippen molar-refractivity contribution in [1.29, 1.82) is 0 Å². The summed E-state index contributed by atoms with van der Waals surface area (Å²) >= 11 is 0. The minimum Gasteiger partial charge on any atom is -0.496 e. The van der Waals surface area contributed by atoms with Gasteiger partial charge in [0.1, 0.15) is 18.1 Å². The highest BCUT2D eigenvalue weighted by Crippen LogP contribution is 2.31. The fourth-order valence-corrected chi connectivity index (χ4v) is 2.54. The van der Waals surface area contributed by atoms with Gasteiger partial charge in [0.2, 0.25) is 5.91 Å². The van der Waals surface area contributed by atoms with Gasteiger partial charge in [-0.15, -0.1) is 0 Å². The second kappa shape index (κ2) is 5.87. The maximum Gasteiger partial charge on any atom is 0.231 e. The third-order valence-corrected chi connectivity index (χ3v) is 3.56. The lowest BCUT2D eigenvalue weighted by Crippen LogP contribution is -2.38. The second-order valence-corrected chi connectivity index (χ2v) is 4.85. The van der Waals surface area contributed by atoms with Gasteiger partial charge in [-0.3, -0.25) is 4.79 Å². The monoisotopic (exact) mass is 283 g/mol. The van der Waals surface area contributed by atoms with Crippen molar-refractivity contribution in [2.24, 2.45) is 0 Å². The lowest BCUT2D eigenvalue weighted by Gasteiger charge is -2.29. The molecule has 1 aliphatic rings. The number of fused-ring (bicyclic) bond motifs is 1. The standard InChI is InChI=1S/C17H17NO3/c1-20-15-8-4-2-6-13(15)12-17(19)18-10-11-21-16-9-5-3-7-14(16)18/h2-9H,10-12H2,1H3. The molecule has 1 amide bonds. The largest absolute Gasteiger partial charge is 0.496 e. The van der Waals surface area contributed by atoms with Crippen LogP contribution in [-0.2, 0) is 11.2 Å². The fraction of sp³-hybridized carbons (Fsp3) is 0.235. The van der Waals surface area contributed by atoms with Gasteiger partial charge in [0, 0.05) is 5.56 Å². The fourth-order valence-electron chi connectivity index (χ4n) is 2.54. The smallest absolute Gasteiger partial charge is 0.231 e. The lowest BCUT2D eigenvalue weighted by atomic mass is 10.1. The van der Waals surface area contributed by atoms with E-state index in [1.54, 1.807) is 12.0 Å². The average Bonchev–Trinajstić information content (AvgIpc) is 2.54. The summed E-state index contributed by atoms with van der Waals surface area (Å²) in [6.45, 7) is 1.10. The van der Waals surface area contributed by atoms with Crippen LogP contribution in [0.3, 0.4) is 0 Å². The van der Waals surface area contributed by atoms with Crippen LogP contribution in [0.4, 0.5) is 5.69 Å². The minimum absolute atomic E-state index is 0.0512. The van der Waals surface area contributed by atoms with Gasteiger partial charge in [-0.2, -0.15) is 0 Å². The quantitative estimate of drug-likeness (QED) is 0.869. The van der Waals surface area contributed by atoms with E-state index in [-0.39, 0.29) is 5.91 Å². The summed E-state index contributed by atoms with van der Waals surface area (Å²) in [7, 11) is 1.62. The summed E-state index contributed by atoms with van der Waals surface area (Å²) < 4.78 is 10.9. The van der Waals surface area contributed by atoms with E-state index >= 15 is 0 Å². The maximum atomic E-state index is 12.6. The SMILES string of the molecule is COc1ccccc1CC(=O)N1CCOc2ccccc21. The topological polar surface area (TPSA) is 38.8 Å². The van der Waals surface area contributed by atoms with E-state index in [1.807, 2.05) is 48.5 Å². The van der Waals surface area contributed by atoms with Crippen LogP contribution in [0.15, 0.2) is 48.5 Å². The second-order valence-electron chi connectivity index (χ2n) is 4.85. The predicted molar refractivity (Wildman–Crippen MR) is 81.0 cm³/mol. The van der Waals surface area contributed by atoms with Crippen molar-refractivity contribution in [3.8, 4) is 11.5 Å². The average molecular weight is 283 g/mol. The lowest BCUT2D eigenvalue weighted by molar-refractivity contribution is -0.118. The van der Waals surface area contributed by atoms with Crippen LogP contribution >= 0.6 is 0 Å². The highest BCUT2D eigenvalue weighted by molar-refractivity contribution is 5.96. The zero-order valence-corrected chi connectivity index (χ0v) is 11.9. The molecular formula is C17H17NO3. The molecule has 0 saturated carbocycles. The van der Waals surface area contributed by atoms with E-state index in [2.05, 4.69) is 0 Å². The maximum absolute atomic E-state index is 12.6. The highest BCUT2D eigenvalue weighted by Gasteiger charge is 2.23. The molecule has 0 unspecified atom stereocenters. The van der Waals surface area contributed by atoms with Crippen molar-refractivity contribution in [2.45, 2.75) is 6.42 Å². The number of rotatable bonds is 3. The van der Waals surface area contributed by atoms with Crippen LogP contribution in [0.5, 0.6) is 11.5 Å². The molecule has 0 bridgehead atoms. The van der Waals surface area contributed by atoms with Crippen molar-refractivity contribution in [1.82, 2.24) is 0 Å². The number of anilines is 1. The third kappa shape index (κ3) is 2.70. The molecule has 0 radical (unpaired) electrons. The van der Waals surface area contributed by atoms with Gasteiger partial charge in [-0.1, -0.05) is 30.3 Å². The number of carbonyl (C=O) groups excluding carboxylic acids is 1. The van der Waals surface area contributed by atoms with Gasteiger partial charge in [0.15, 0.2) is 0 Å². The van der Waals surface area contributed by atoms with Crippen molar-refractivity contribution >= 4 is 11.6 Å². The minimum atomic E-state index is 0.0512. The van der Waals surface area contributed by atoms with E-state index in [0.29, 0.717) is 19.6 Å². The zero-order chi connectivity index (χ0) is 14.7. The van der Waals surface area contributed by atoms with Gasteiger partial charge in [0.25, 0.3) is 0 Å². The van der Waals surface area contributed by atoms with Crippen molar-refractivity contribution in [2.75, 3.05) is 25.2 Å². The Kier molecular flexibility index (Phi) is 3.77. The van der Waals surface area contributed by atoms with Crippen molar-refractivity contribution in [3.63, 3.8) is 0 Å². The molecule has 0 aromatic heterocycles. The highest BCUT2D eigenvalue weighted by atomic mass is 16.5. The Balaban J connectivity index is 1.84. The number of carbonyl (C=O) groups is 1. The number of benzene rings is 2. The number of hydrogen-bond acceptors (Lipinski definition) is 3. The summed E-state index contributed by atoms with van der Waals surface area (Å²) in [5, 5.41) is 0. The molecule has 4 heteroatoms. The Bertz CT molecular complexity index is 654. The number of hydrogen-bond donors (Lipinski definition) is 0. The van der Waals surface area contributed by atoms with Gasteiger partial charge in [-0.25, -0.2) is 0 Å². The van der Waals surface area contributed by atoms with Crippen LogP contribution in [0, 0.1) is 0 Å². The summed E-state index contributed by atoms with van der Waals surface area (Å²) in [5.74, 6) is 1.56. The van der Waals surface area contributed by atoms with Crippen LogP contribution in [-0.4, -0.2) is 26.2 Å². The van der Waals surface area contributed by atoms with Crippen molar-refractivity contribution in [3.05, 3.63) is 54.1 Å². The first-order valence-electron chi connectivity index (χ1n) is 6.93. The molecule has 0 saturated heterocycles. The summed E-state index contributed by atoms with van der Waals surface area (Å²) in [4.78, 5) is 14.4. The first kappa shape index (κ1) is 13.5. The van der Waals surface area contributed by atoms with Crippen LogP contribution < -0.4 is 14.4 Å². The predicted octanol–water partition coefficient (Wildman–Crippen LogP) is 2.66. The van der Waals surface area contributed by atoms with Gasteiger partial charge < -0.3 is 14.4 Å². The normalized spacial score (nSPS) is 13.3. The number of methoxy groups -OCH3 is 1. The van der Waals surface area contributed by atoms with Crippen LogP contribution in [0.25, 0.3) is 0 Å². The Morgan fingerprint density at radius 3 is 2.81 bits per heavy atom. The van der Waals surface area contributed by atoms with E-state index in [0.717, 1.165) is 22.7 Å².